The number of hydrazone groups is 3. The molecule has 0 saturated heterocycles. The summed E-state index contributed by atoms with van der Waals surface area (Å²) in [7, 11) is -3.44. The number of alkyl carbamates (subject to hydrolysis) is 2. The maximum absolute atomic E-state index is 12.3. The van der Waals surface area contributed by atoms with Crippen LogP contribution in [0, 0.1) is 66.1 Å². The number of aryl methyl sites for hydroxylation is 3. The number of nitriles is 4. The molecular weight excluding hydrogens is 2090 g/mol. The number of rotatable bonds is 31. The van der Waals surface area contributed by atoms with Gasteiger partial charge in [0.1, 0.15) is 67.8 Å². The van der Waals surface area contributed by atoms with E-state index in [0.717, 1.165) is 101 Å². The average molecular weight is 2190 g/mol. The lowest BCUT2D eigenvalue weighted by molar-refractivity contribution is -0.126. The molecule has 0 aliphatic carbocycles. The van der Waals surface area contributed by atoms with Gasteiger partial charge in [0.15, 0.2) is 23.0 Å². The third-order valence-electron chi connectivity index (χ3n) is 20.8. The number of ether oxygens (including phenoxy) is 9. The van der Waals surface area contributed by atoms with Crippen molar-refractivity contribution < 1.29 is 81.0 Å². The number of aromatic nitrogens is 6. The topological polar surface area (TPSA) is 486 Å². The van der Waals surface area contributed by atoms with Crippen LogP contribution < -0.4 is 50.8 Å². The van der Waals surface area contributed by atoms with E-state index in [0.29, 0.717) is 84.4 Å². The van der Waals surface area contributed by atoms with Crippen LogP contribution in [-0.4, -0.2) is 157 Å². The third kappa shape index (κ3) is 32.1. The Labute approximate surface area is 877 Å². The molecule has 37 nitrogen and oxygen atoms in total. The van der Waals surface area contributed by atoms with Crippen LogP contribution in [0.15, 0.2) is 142 Å². The molecule has 8 aromatic carbocycles. The fourth-order valence-electron chi connectivity index (χ4n) is 13.4. The van der Waals surface area contributed by atoms with Crippen molar-refractivity contribution in [3.63, 3.8) is 0 Å². The van der Waals surface area contributed by atoms with Gasteiger partial charge in [0.2, 0.25) is 34.6 Å². The Balaban J connectivity index is 0.000000193. The van der Waals surface area contributed by atoms with Crippen LogP contribution in [-0.2, 0) is 79.2 Å². The van der Waals surface area contributed by atoms with Gasteiger partial charge in [-0.2, -0.15) is 61.7 Å². The first-order chi connectivity index (χ1) is 68.6. The molecule has 0 spiro atoms. The van der Waals surface area contributed by atoms with Crippen molar-refractivity contribution in [2.75, 3.05) is 54.2 Å². The van der Waals surface area contributed by atoms with Crippen LogP contribution in [0.4, 0.5) is 32.3 Å². The van der Waals surface area contributed by atoms with Gasteiger partial charge in [0.05, 0.1) is 130 Å². The second kappa shape index (κ2) is 51.4. The summed E-state index contributed by atoms with van der Waals surface area (Å²) in [5.74, 6) is -0.937. The van der Waals surface area contributed by atoms with Gasteiger partial charge in [-0.05, 0) is 180 Å². The highest BCUT2D eigenvalue weighted by atomic mass is 35.5. The van der Waals surface area contributed by atoms with E-state index in [4.69, 9.17) is 147 Å². The van der Waals surface area contributed by atoms with Crippen LogP contribution in [0.1, 0.15) is 68.2 Å². The zero-order valence-electron chi connectivity index (χ0n) is 81.4. The van der Waals surface area contributed by atoms with Crippen LogP contribution >= 0.6 is 92.8 Å². The molecule has 0 saturated carbocycles. The Bertz CT molecular complexity index is 7060. The molecule has 0 unspecified atom stereocenters. The van der Waals surface area contributed by atoms with E-state index in [1.807, 2.05) is 107 Å². The van der Waals surface area contributed by atoms with Gasteiger partial charge < -0.3 is 48.4 Å². The Morgan fingerprint density at radius 3 is 1.16 bits per heavy atom. The van der Waals surface area contributed by atoms with Crippen LogP contribution in [0.2, 0.25) is 117 Å². The molecule has 5 N–H and O–H groups in total. The van der Waals surface area contributed by atoms with E-state index in [-0.39, 0.29) is 95.5 Å². The minimum absolute atomic E-state index is 0.0623. The highest BCUT2D eigenvalue weighted by molar-refractivity contribution is 6.77. The number of anilines is 4. The standard InChI is InChI=1S/C26H30Cl2N6O5Si.C25H25Cl2N5O4Si.C20H12Cl2N4O3.C20H25Cl2N3O2Si.C6H8N2O3/c1-6-38-26(36)30-25(35)22(14-29)32-31-17-11-20(27)24(21(28)12-17)39-18-7-8-23-19(13-18)16(2)33-34(23)15-37-9-10-40(3,4)5;1-15-18-11-17(5-6-22(18)31(29-15)14-35-7-8-37(2,3)4)36-25-19(26)9-16(10-20(25)27)32-24(34)12-23(33)21(13-28)30-32;1-10-14-6-13(3-2-11(14)9-24-10)29-20-15(21)4-12(5-16(20)22)26-19(28)7-18(27)17(8-23)25-26;1-13-16-11-15(27-20-17(21)9-14(23)10-18(20)22)5-6-19(16)25(24-13)12-26-7-8-28(2,3)4;1-2-11-6(10)8-5(9)3-4-7/h7-8,11-13,31H,6,9-10,15H2,1-5H3,(H,30,35,36);5-6,9-11H,7-8,12,14H2,1-4H3;2-6H,7,9H2,1H3;5-6,9-11H,7-8,12,23H2,1-4H3;2-3H2,1H3,(H,8,9,10)/b32-22+;;;;. The Kier molecular flexibility index (Phi) is 40.3. The van der Waals surface area contributed by atoms with Crippen molar-refractivity contribution >= 4 is 243 Å². The van der Waals surface area contributed by atoms with Crippen molar-refractivity contribution in [3.05, 3.63) is 190 Å². The number of carbonyl (C=O) groups excluding carboxylic acids is 8. The second-order valence-electron chi connectivity index (χ2n) is 35.7. The first-order valence-electron chi connectivity index (χ1n) is 44.6. The number of halogens is 8. The van der Waals surface area contributed by atoms with E-state index in [1.165, 1.54) is 36.4 Å². The summed E-state index contributed by atoms with van der Waals surface area (Å²) in [5, 5.41) is 70.4. The summed E-state index contributed by atoms with van der Waals surface area (Å²) >= 11 is 50.9. The number of amides is 6. The molecule has 11 aromatic rings. The lowest BCUT2D eigenvalue weighted by atomic mass is 10.1. The summed E-state index contributed by atoms with van der Waals surface area (Å²) < 4.78 is 55.9. The van der Waals surface area contributed by atoms with Crippen LogP contribution in [0.5, 0.6) is 46.0 Å². The van der Waals surface area contributed by atoms with Gasteiger partial charge in [-0.25, -0.2) is 23.6 Å². The number of hydrogen-bond acceptors (Lipinski definition) is 30. The maximum Gasteiger partial charge on any atom is 0.414 e. The van der Waals surface area contributed by atoms with Crippen molar-refractivity contribution in [2.45, 2.75) is 165 Å². The number of ketones is 2. The predicted molar refractivity (Wildman–Crippen MR) is 566 cm³/mol. The fraction of sp³-hybridized carbons (Fsp3) is 0.309. The van der Waals surface area contributed by atoms with E-state index in [9.17, 15) is 43.6 Å². The number of aliphatic imine (C=N–C) groups is 1. The van der Waals surface area contributed by atoms with E-state index >= 15 is 0 Å². The zero-order chi connectivity index (χ0) is 106. The lowest BCUT2D eigenvalue weighted by Gasteiger charge is -2.22. The van der Waals surface area contributed by atoms with Gasteiger partial charge in [-0.3, -0.25) is 49.8 Å². The van der Waals surface area contributed by atoms with Gasteiger partial charge in [-0.15, -0.1) is 0 Å². The molecule has 6 heterocycles. The molecule has 0 bridgehead atoms. The van der Waals surface area contributed by atoms with Crippen LogP contribution in [0.25, 0.3) is 32.7 Å². The largest absolute Gasteiger partial charge is 0.454 e. The van der Waals surface area contributed by atoms with E-state index in [1.54, 1.807) is 68.5 Å². The molecule has 3 aromatic heterocycles. The van der Waals surface area contributed by atoms with Crippen molar-refractivity contribution in [1.29, 1.82) is 21.0 Å². The number of Topliss-reactive ketones (excluding diaryl/α,β-unsaturated/α-hetero) is 2. The summed E-state index contributed by atoms with van der Waals surface area (Å²) in [5.41, 5.74) is 16.6. The minimum Gasteiger partial charge on any atom is -0.454 e. The number of nitrogens with zero attached hydrogens (tertiary/aromatic N) is 16. The van der Waals surface area contributed by atoms with Gasteiger partial charge in [0.25, 0.3) is 17.7 Å². The molecular formula is C97H100Cl8N20O17Si3. The van der Waals surface area contributed by atoms with Crippen molar-refractivity contribution in [1.82, 2.24) is 40.0 Å². The monoisotopic (exact) mass is 2180 g/mol. The molecule has 6 amide bonds. The minimum atomic E-state index is -1.17. The number of imide groups is 2. The summed E-state index contributed by atoms with van der Waals surface area (Å²) in [6, 6.07) is 44.2. The molecule has 48 heteroatoms. The molecule has 0 radical (unpaired) electrons. The van der Waals surface area contributed by atoms with Gasteiger partial charge in [-0.1, -0.05) is 158 Å². The number of benzene rings is 8. The molecule has 758 valence electrons. The number of hydrogen-bond donors (Lipinski definition) is 4. The molecule has 3 aliphatic heterocycles. The molecule has 0 fully saturated rings. The normalized spacial score (nSPS) is 12.9. The Morgan fingerprint density at radius 1 is 0.469 bits per heavy atom. The summed E-state index contributed by atoms with van der Waals surface area (Å²) in [6.07, 6.45) is -3.05. The zero-order valence-corrected chi connectivity index (χ0v) is 90.4. The molecule has 145 heavy (non-hydrogen) atoms. The number of nitrogen functional groups attached to an aromatic ring is 1. The average Bonchev–Trinajstić information content (AvgIpc) is 1.57. The Hall–Kier alpha value is -13.4. The first-order valence-corrected chi connectivity index (χ1v) is 58.7. The SMILES string of the molecule is CC1=NCc2ccc(Oc3c(Cl)cc(N4N=C(C#N)C(=O)CC4=O)cc3Cl)cc21.CCOC(=O)NC(=O)/C(C#N)=N/Nc1cc(Cl)c(Oc2ccc3c(c2)c(C)nn3COCC[Si](C)(C)C)c(Cl)c1.CCOC(=O)NC(=O)CC#N.Cc1nn(COCC[Si](C)(C)C)c2ccc(Oc3c(Cl)cc(N)cc3Cl)cc12.Cc1nn(COCC[Si](C)(C)C)c2ccc(Oc3c(Cl)cc(N4N=C(C#N)C(=O)CC4=O)cc3Cl)cc12. The highest BCUT2D eigenvalue weighted by Gasteiger charge is 2.33. The Morgan fingerprint density at radius 2 is 0.814 bits per heavy atom. The van der Waals surface area contributed by atoms with Crippen molar-refractivity contribution in [3.8, 4) is 70.3 Å². The molecule has 3 aliphatic rings. The number of carbonyl (C=O) groups is 8. The number of nitrogens with one attached hydrogen (secondary N) is 3. The van der Waals surface area contributed by atoms with Crippen LogP contribution in [0.3, 0.4) is 0 Å². The lowest BCUT2D eigenvalue weighted by Crippen LogP contribution is -2.36. The summed E-state index contributed by atoms with van der Waals surface area (Å²) in [4.78, 5) is 96.6. The second-order valence-corrected chi connectivity index (χ2v) is 55.8. The number of nitrogens with two attached hydrogens (primary N) is 1. The quantitative estimate of drug-likeness (QED) is 0.00783. The smallest absolute Gasteiger partial charge is 0.414 e. The molecule has 0 atom stereocenters. The van der Waals surface area contributed by atoms with E-state index < -0.39 is 90.2 Å². The van der Waals surface area contributed by atoms with E-state index in [2.05, 4.69) is 109 Å². The molecule has 14 rings (SSSR count). The summed E-state index contributed by atoms with van der Waals surface area (Å²) in [6.45, 7) is 36.0. The number of fused-ring (bicyclic) bond motifs is 4. The highest BCUT2D eigenvalue weighted by Crippen LogP contribution is 2.46. The first kappa shape index (κ1) is 114. The van der Waals surface area contributed by atoms with Gasteiger partial charge in [0, 0.05) is 77.2 Å². The fourth-order valence-corrected chi connectivity index (χ4v) is 17.9. The predicted octanol–water partition coefficient (Wildman–Crippen LogP) is 23.1. The third-order valence-corrected chi connectivity index (χ3v) is 28.1. The van der Waals surface area contributed by atoms with Crippen molar-refractivity contribution in [2.24, 2.45) is 20.3 Å². The maximum atomic E-state index is 12.3. The van der Waals surface area contributed by atoms with Gasteiger partial charge >= 0.3 is 12.2 Å².